The zero-order chi connectivity index (χ0) is 15.5. The van der Waals surface area contributed by atoms with Crippen LogP contribution in [0.4, 0.5) is 0 Å². The number of benzene rings is 1. The van der Waals surface area contributed by atoms with Crippen LogP contribution in [0.15, 0.2) is 34.9 Å². The van der Waals surface area contributed by atoms with E-state index in [0.717, 1.165) is 16.5 Å². The average molecular weight is 303 g/mol. The van der Waals surface area contributed by atoms with Crippen molar-refractivity contribution in [1.82, 2.24) is 5.32 Å². The smallest absolute Gasteiger partial charge is 0.464 e. The number of carbonyl (C=O) groups excluding carboxylic acids is 1. The first-order chi connectivity index (χ1) is 10.6. The lowest BCUT2D eigenvalue weighted by molar-refractivity contribution is -0.125. The van der Waals surface area contributed by atoms with Crippen molar-refractivity contribution in [2.45, 2.75) is 18.8 Å². The Balaban J connectivity index is 1.72. The van der Waals surface area contributed by atoms with Crippen molar-refractivity contribution >= 4 is 24.0 Å². The van der Waals surface area contributed by atoms with Crippen LogP contribution < -0.4 is 5.32 Å². The van der Waals surface area contributed by atoms with Crippen molar-refractivity contribution in [2.24, 2.45) is 5.92 Å². The van der Waals surface area contributed by atoms with Crippen LogP contribution in [0.2, 0.25) is 0 Å². The second-order valence-corrected chi connectivity index (χ2v) is 5.55. The third-order valence-electron chi connectivity index (χ3n) is 3.99. The fourth-order valence-electron chi connectivity index (χ4n) is 2.70. The number of para-hydroxylation sites is 1. The molecule has 3 rings (SSSR count). The monoisotopic (exact) mass is 303 g/mol. The highest BCUT2D eigenvalue weighted by Gasteiger charge is 2.31. The molecule has 1 aliphatic heterocycles. The van der Waals surface area contributed by atoms with Crippen molar-refractivity contribution in [3.8, 4) is 0 Å². The second kappa shape index (κ2) is 6.52. The van der Waals surface area contributed by atoms with Gasteiger partial charge in [-0.3, -0.25) is 4.79 Å². The standard InChI is InChI=1S/C15H18BNO5/c18-15(10-5-6-21-8-10)17-14(16(19)20)7-11-9-22-13-4-2-1-3-12(11)13/h1-4,9-10,14,19-20H,5-8H2,(H,17,18)/t10-,14+/m1/s1. The first-order valence-corrected chi connectivity index (χ1v) is 7.34. The molecule has 7 heteroatoms. The maximum absolute atomic E-state index is 12.1. The molecule has 0 saturated carbocycles. The number of fused-ring (bicyclic) bond motifs is 1. The van der Waals surface area contributed by atoms with Crippen LogP contribution in [-0.2, 0) is 16.0 Å². The molecule has 0 bridgehead atoms. The Morgan fingerprint density at radius 1 is 1.41 bits per heavy atom. The molecule has 0 unspecified atom stereocenters. The van der Waals surface area contributed by atoms with E-state index in [-0.39, 0.29) is 18.2 Å². The molecular weight excluding hydrogens is 285 g/mol. The number of amides is 1. The van der Waals surface area contributed by atoms with Crippen molar-refractivity contribution in [3.63, 3.8) is 0 Å². The van der Waals surface area contributed by atoms with Gasteiger partial charge in [-0.25, -0.2) is 0 Å². The number of ether oxygens (including phenoxy) is 1. The van der Waals surface area contributed by atoms with Crippen LogP contribution in [0, 0.1) is 5.92 Å². The summed E-state index contributed by atoms with van der Waals surface area (Å²) in [5, 5.41) is 22.7. The van der Waals surface area contributed by atoms with E-state index in [9.17, 15) is 14.8 Å². The fourth-order valence-corrected chi connectivity index (χ4v) is 2.70. The molecule has 116 valence electrons. The summed E-state index contributed by atoms with van der Waals surface area (Å²) in [6.07, 6.45) is 2.54. The van der Waals surface area contributed by atoms with Crippen LogP contribution >= 0.6 is 0 Å². The molecule has 6 nitrogen and oxygen atoms in total. The van der Waals surface area contributed by atoms with Crippen molar-refractivity contribution in [1.29, 1.82) is 0 Å². The minimum absolute atomic E-state index is 0.205. The number of furan rings is 1. The van der Waals surface area contributed by atoms with E-state index in [1.807, 2.05) is 24.3 Å². The predicted octanol–water partition coefficient (Wildman–Crippen LogP) is 0.509. The van der Waals surface area contributed by atoms with Gasteiger partial charge in [-0.05, 0) is 24.5 Å². The minimum atomic E-state index is -1.64. The molecule has 0 spiro atoms. The maximum Gasteiger partial charge on any atom is 0.475 e. The molecular formula is C15H18BNO5. The maximum atomic E-state index is 12.1. The minimum Gasteiger partial charge on any atom is -0.464 e. The van der Waals surface area contributed by atoms with Gasteiger partial charge in [-0.2, -0.15) is 0 Å². The van der Waals surface area contributed by atoms with Gasteiger partial charge in [0.1, 0.15) is 5.58 Å². The molecule has 1 aromatic carbocycles. The summed E-state index contributed by atoms with van der Waals surface area (Å²) < 4.78 is 10.6. The van der Waals surface area contributed by atoms with Crippen molar-refractivity contribution < 1.29 is 24.0 Å². The molecule has 1 aliphatic rings. The number of hydrogen-bond acceptors (Lipinski definition) is 5. The van der Waals surface area contributed by atoms with Gasteiger partial charge in [0.25, 0.3) is 0 Å². The predicted molar refractivity (Wildman–Crippen MR) is 81.0 cm³/mol. The summed E-state index contributed by atoms with van der Waals surface area (Å²) in [6.45, 7) is 0.950. The van der Waals surface area contributed by atoms with Crippen molar-refractivity contribution in [3.05, 3.63) is 36.1 Å². The van der Waals surface area contributed by atoms with Crippen LogP contribution in [0.3, 0.4) is 0 Å². The van der Waals surface area contributed by atoms with Gasteiger partial charge < -0.3 is 24.5 Å². The highest BCUT2D eigenvalue weighted by molar-refractivity contribution is 6.43. The van der Waals surface area contributed by atoms with E-state index in [0.29, 0.717) is 19.6 Å². The SMILES string of the molecule is O=C(N[C@@H](Cc1coc2ccccc12)B(O)O)[C@@H]1CCOC1. The normalized spacial score (nSPS) is 19.3. The summed E-state index contributed by atoms with van der Waals surface area (Å²) in [7, 11) is -1.64. The highest BCUT2D eigenvalue weighted by Crippen LogP contribution is 2.22. The van der Waals surface area contributed by atoms with Gasteiger partial charge in [0.2, 0.25) is 5.91 Å². The lowest BCUT2D eigenvalue weighted by atomic mass is 9.75. The zero-order valence-corrected chi connectivity index (χ0v) is 12.1. The van der Waals surface area contributed by atoms with E-state index in [4.69, 9.17) is 9.15 Å². The molecule has 1 aromatic heterocycles. The van der Waals surface area contributed by atoms with Crippen LogP contribution in [0.1, 0.15) is 12.0 Å². The quantitative estimate of drug-likeness (QED) is 0.700. The molecule has 1 saturated heterocycles. The Bertz CT molecular complexity index is 650. The number of hydrogen-bond donors (Lipinski definition) is 3. The van der Waals surface area contributed by atoms with Crippen LogP contribution in [0.5, 0.6) is 0 Å². The van der Waals surface area contributed by atoms with E-state index < -0.39 is 13.1 Å². The number of carbonyl (C=O) groups is 1. The molecule has 1 fully saturated rings. The van der Waals surface area contributed by atoms with Crippen LogP contribution in [0.25, 0.3) is 11.0 Å². The van der Waals surface area contributed by atoms with E-state index in [2.05, 4.69) is 5.32 Å². The molecule has 2 heterocycles. The highest BCUT2D eigenvalue weighted by atomic mass is 16.5. The van der Waals surface area contributed by atoms with E-state index in [1.54, 1.807) is 6.26 Å². The third-order valence-corrected chi connectivity index (χ3v) is 3.99. The molecule has 1 amide bonds. The molecule has 3 N–H and O–H groups in total. The first kappa shape index (κ1) is 15.1. The molecule has 0 radical (unpaired) electrons. The third kappa shape index (κ3) is 3.16. The van der Waals surface area contributed by atoms with Gasteiger partial charge in [-0.15, -0.1) is 0 Å². The summed E-state index contributed by atoms with van der Waals surface area (Å²) in [4.78, 5) is 12.1. The topological polar surface area (TPSA) is 91.9 Å². The summed E-state index contributed by atoms with van der Waals surface area (Å²) in [5.74, 6) is -1.21. The molecule has 0 aliphatic carbocycles. The van der Waals surface area contributed by atoms with Gasteiger partial charge in [0.15, 0.2) is 0 Å². The van der Waals surface area contributed by atoms with Gasteiger partial charge in [0.05, 0.1) is 24.7 Å². The fraction of sp³-hybridized carbons (Fsp3) is 0.400. The summed E-state index contributed by atoms with van der Waals surface area (Å²) in [6, 6.07) is 7.51. The summed E-state index contributed by atoms with van der Waals surface area (Å²) >= 11 is 0. The lowest BCUT2D eigenvalue weighted by Crippen LogP contribution is -2.49. The summed E-state index contributed by atoms with van der Waals surface area (Å²) in [5.41, 5.74) is 1.57. The Morgan fingerprint density at radius 3 is 2.95 bits per heavy atom. The molecule has 2 atom stereocenters. The molecule has 22 heavy (non-hydrogen) atoms. The van der Waals surface area contributed by atoms with Crippen LogP contribution in [-0.4, -0.2) is 42.2 Å². The molecule has 2 aromatic rings. The average Bonchev–Trinajstić information content (AvgIpc) is 3.16. The largest absolute Gasteiger partial charge is 0.475 e. The van der Waals surface area contributed by atoms with Gasteiger partial charge in [-0.1, -0.05) is 18.2 Å². The Morgan fingerprint density at radius 2 is 2.23 bits per heavy atom. The van der Waals surface area contributed by atoms with E-state index >= 15 is 0 Å². The lowest BCUT2D eigenvalue weighted by Gasteiger charge is -2.19. The zero-order valence-electron chi connectivity index (χ0n) is 12.1. The Hall–Kier alpha value is -1.83. The van der Waals surface area contributed by atoms with Gasteiger partial charge >= 0.3 is 7.12 Å². The number of rotatable bonds is 5. The number of nitrogens with one attached hydrogen (secondary N) is 1. The first-order valence-electron chi connectivity index (χ1n) is 7.34. The van der Waals surface area contributed by atoms with Crippen molar-refractivity contribution in [2.75, 3.05) is 13.2 Å². The van der Waals surface area contributed by atoms with E-state index in [1.165, 1.54) is 0 Å². The van der Waals surface area contributed by atoms with Gasteiger partial charge in [0, 0.05) is 12.0 Å². The Labute approximate surface area is 128 Å². The second-order valence-electron chi connectivity index (χ2n) is 5.55. The Kier molecular flexibility index (Phi) is 4.47.